The Morgan fingerprint density at radius 1 is 1.50 bits per heavy atom. The number of carbonyl (C=O) groups excluding carboxylic acids is 2. The molecule has 98 valence electrons. The van der Waals surface area contributed by atoms with Crippen molar-refractivity contribution < 1.29 is 14.3 Å². The van der Waals surface area contributed by atoms with E-state index in [1.165, 1.54) is 12.0 Å². The third-order valence-electron chi connectivity index (χ3n) is 2.29. The zero-order valence-electron chi connectivity index (χ0n) is 10.4. The number of rotatable bonds is 5. The van der Waals surface area contributed by atoms with Gasteiger partial charge in [0.25, 0.3) is 5.91 Å². The van der Waals surface area contributed by atoms with E-state index in [0.29, 0.717) is 16.7 Å². The molecule has 0 unspecified atom stereocenters. The molecule has 5 nitrogen and oxygen atoms in total. The Kier molecular flexibility index (Phi) is 5.77. The van der Waals surface area contributed by atoms with Gasteiger partial charge in [-0.25, -0.2) is 4.98 Å². The Balaban J connectivity index is 2.89. The summed E-state index contributed by atoms with van der Waals surface area (Å²) >= 11 is 3.27. The van der Waals surface area contributed by atoms with Gasteiger partial charge < -0.3 is 9.64 Å². The van der Waals surface area contributed by atoms with Crippen LogP contribution < -0.4 is 0 Å². The third kappa shape index (κ3) is 3.80. The molecule has 1 rings (SSSR count). The topological polar surface area (TPSA) is 59.5 Å². The number of carbonyl (C=O) groups is 2. The van der Waals surface area contributed by atoms with E-state index in [1.807, 2.05) is 6.92 Å². The summed E-state index contributed by atoms with van der Waals surface area (Å²) < 4.78 is 5.19. The number of nitrogens with zero attached hydrogens (tertiary/aromatic N) is 2. The number of ether oxygens (including phenoxy) is 1. The minimum atomic E-state index is -0.441. The largest absolute Gasteiger partial charge is 0.468 e. The smallest absolute Gasteiger partial charge is 0.325 e. The zero-order chi connectivity index (χ0) is 13.5. The number of amides is 1. The van der Waals surface area contributed by atoms with Crippen LogP contribution in [0.1, 0.15) is 23.8 Å². The lowest BCUT2D eigenvalue weighted by Gasteiger charge is -2.20. The molecule has 6 heteroatoms. The van der Waals surface area contributed by atoms with Crippen LogP contribution in [0.3, 0.4) is 0 Å². The normalized spacial score (nSPS) is 9.94. The van der Waals surface area contributed by atoms with Crippen molar-refractivity contribution in [3.05, 3.63) is 28.5 Å². The van der Waals surface area contributed by atoms with E-state index in [9.17, 15) is 9.59 Å². The molecule has 0 aromatic carbocycles. The van der Waals surface area contributed by atoms with Gasteiger partial charge in [0.05, 0.1) is 7.11 Å². The molecule has 1 heterocycles. The van der Waals surface area contributed by atoms with Crippen LogP contribution in [0, 0.1) is 0 Å². The van der Waals surface area contributed by atoms with Crippen molar-refractivity contribution in [3.8, 4) is 0 Å². The van der Waals surface area contributed by atoms with Gasteiger partial charge in [0.1, 0.15) is 12.2 Å². The second kappa shape index (κ2) is 7.10. The second-order valence-electron chi connectivity index (χ2n) is 3.64. The van der Waals surface area contributed by atoms with Crippen molar-refractivity contribution in [2.45, 2.75) is 13.3 Å². The van der Waals surface area contributed by atoms with Gasteiger partial charge in [-0.2, -0.15) is 0 Å². The summed E-state index contributed by atoms with van der Waals surface area (Å²) in [5.74, 6) is -0.724. The maximum atomic E-state index is 12.2. The maximum absolute atomic E-state index is 12.2. The van der Waals surface area contributed by atoms with Crippen LogP contribution in [0.4, 0.5) is 0 Å². The van der Waals surface area contributed by atoms with Crippen LogP contribution in [-0.4, -0.2) is 42.0 Å². The summed E-state index contributed by atoms with van der Waals surface area (Å²) in [6.07, 6.45) is 2.30. The van der Waals surface area contributed by atoms with Crippen molar-refractivity contribution in [1.29, 1.82) is 0 Å². The summed E-state index contributed by atoms with van der Waals surface area (Å²) in [4.78, 5) is 29.0. The van der Waals surface area contributed by atoms with Gasteiger partial charge in [-0.1, -0.05) is 6.92 Å². The van der Waals surface area contributed by atoms with Gasteiger partial charge in [0.15, 0.2) is 0 Å². The molecule has 0 atom stereocenters. The fraction of sp³-hybridized carbons (Fsp3) is 0.417. The van der Waals surface area contributed by atoms with Crippen molar-refractivity contribution >= 4 is 27.8 Å². The Labute approximate surface area is 114 Å². The first kappa shape index (κ1) is 14.6. The average molecular weight is 315 g/mol. The molecular weight excluding hydrogens is 300 g/mol. The quantitative estimate of drug-likeness (QED) is 0.778. The summed E-state index contributed by atoms with van der Waals surface area (Å²) in [6, 6.07) is 3.47. The van der Waals surface area contributed by atoms with Crippen LogP contribution in [0.5, 0.6) is 0 Å². The molecule has 0 N–H and O–H groups in total. The van der Waals surface area contributed by atoms with E-state index in [-0.39, 0.29) is 12.5 Å². The fourth-order valence-electron chi connectivity index (χ4n) is 1.44. The number of halogens is 1. The SMILES string of the molecule is CCCN(CC(=O)OC)C(=O)c1ncccc1Br. The second-order valence-corrected chi connectivity index (χ2v) is 4.49. The van der Waals surface area contributed by atoms with Crippen molar-refractivity contribution in [3.63, 3.8) is 0 Å². The average Bonchev–Trinajstić information content (AvgIpc) is 2.38. The monoisotopic (exact) mass is 314 g/mol. The highest BCUT2D eigenvalue weighted by Gasteiger charge is 2.21. The lowest BCUT2D eigenvalue weighted by molar-refractivity contribution is -0.141. The molecule has 0 fully saturated rings. The lowest BCUT2D eigenvalue weighted by atomic mass is 10.3. The molecule has 0 radical (unpaired) electrons. The Morgan fingerprint density at radius 3 is 2.78 bits per heavy atom. The molecule has 0 aliphatic carbocycles. The minimum absolute atomic E-state index is 0.0633. The molecule has 0 saturated heterocycles. The molecule has 0 saturated carbocycles. The molecular formula is C12H15BrN2O3. The number of aromatic nitrogens is 1. The van der Waals surface area contributed by atoms with E-state index in [0.717, 1.165) is 6.42 Å². The Bertz CT molecular complexity index is 437. The van der Waals surface area contributed by atoms with Crippen LogP contribution in [0.2, 0.25) is 0 Å². The van der Waals surface area contributed by atoms with E-state index >= 15 is 0 Å². The lowest BCUT2D eigenvalue weighted by Crippen LogP contribution is -2.37. The van der Waals surface area contributed by atoms with Crippen LogP contribution in [-0.2, 0) is 9.53 Å². The first-order valence-corrected chi connectivity index (χ1v) is 6.36. The molecule has 1 aromatic heterocycles. The van der Waals surface area contributed by atoms with Crippen LogP contribution >= 0.6 is 15.9 Å². The van der Waals surface area contributed by atoms with Crippen molar-refractivity contribution in [2.75, 3.05) is 20.2 Å². The highest BCUT2D eigenvalue weighted by molar-refractivity contribution is 9.10. The molecule has 1 aromatic rings. The third-order valence-corrected chi connectivity index (χ3v) is 2.93. The Morgan fingerprint density at radius 2 is 2.22 bits per heavy atom. The fourth-order valence-corrected chi connectivity index (χ4v) is 1.86. The van der Waals surface area contributed by atoms with E-state index in [1.54, 1.807) is 18.3 Å². The summed E-state index contributed by atoms with van der Waals surface area (Å²) in [5, 5.41) is 0. The Hall–Kier alpha value is -1.43. The molecule has 0 aliphatic heterocycles. The molecule has 0 spiro atoms. The standard InChI is InChI=1S/C12H15BrN2O3/c1-3-7-15(8-10(16)18-2)12(17)11-9(13)5-4-6-14-11/h4-6H,3,7-8H2,1-2H3. The number of pyridine rings is 1. The highest BCUT2D eigenvalue weighted by Crippen LogP contribution is 2.15. The zero-order valence-corrected chi connectivity index (χ0v) is 11.9. The van der Waals surface area contributed by atoms with Crippen molar-refractivity contribution in [1.82, 2.24) is 9.88 Å². The maximum Gasteiger partial charge on any atom is 0.325 e. The predicted octanol–water partition coefficient (Wildman–Crippen LogP) is 1.87. The van der Waals surface area contributed by atoms with E-state index in [4.69, 9.17) is 0 Å². The molecule has 1 amide bonds. The summed E-state index contributed by atoms with van der Waals surface area (Å²) in [5.41, 5.74) is 0.301. The predicted molar refractivity (Wildman–Crippen MR) is 70.1 cm³/mol. The number of methoxy groups -OCH3 is 1. The van der Waals surface area contributed by atoms with Gasteiger partial charge >= 0.3 is 5.97 Å². The highest BCUT2D eigenvalue weighted by atomic mass is 79.9. The molecule has 0 aliphatic rings. The number of esters is 1. The van der Waals surface area contributed by atoms with Gasteiger partial charge in [-0.15, -0.1) is 0 Å². The van der Waals surface area contributed by atoms with Gasteiger partial charge in [-0.05, 0) is 34.5 Å². The van der Waals surface area contributed by atoms with E-state index < -0.39 is 5.97 Å². The first-order chi connectivity index (χ1) is 8.60. The van der Waals surface area contributed by atoms with Gasteiger partial charge in [0.2, 0.25) is 0 Å². The number of hydrogen-bond acceptors (Lipinski definition) is 4. The molecule has 18 heavy (non-hydrogen) atoms. The van der Waals surface area contributed by atoms with Crippen molar-refractivity contribution in [2.24, 2.45) is 0 Å². The van der Waals surface area contributed by atoms with Gasteiger partial charge in [-0.3, -0.25) is 9.59 Å². The van der Waals surface area contributed by atoms with Gasteiger partial charge in [0, 0.05) is 17.2 Å². The summed E-state index contributed by atoms with van der Waals surface area (Å²) in [7, 11) is 1.30. The van der Waals surface area contributed by atoms with E-state index in [2.05, 4.69) is 25.7 Å². The first-order valence-electron chi connectivity index (χ1n) is 5.56. The molecule has 0 bridgehead atoms. The minimum Gasteiger partial charge on any atom is -0.468 e. The number of hydrogen-bond donors (Lipinski definition) is 0. The van der Waals surface area contributed by atoms with Crippen LogP contribution in [0.15, 0.2) is 22.8 Å². The van der Waals surface area contributed by atoms with Crippen LogP contribution in [0.25, 0.3) is 0 Å². The summed E-state index contributed by atoms with van der Waals surface area (Å²) in [6.45, 7) is 2.36.